The van der Waals surface area contributed by atoms with E-state index >= 15 is 0 Å². The number of halogens is 1. The van der Waals surface area contributed by atoms with Crippen LogP contribution in [0, 0.1) is 5.82 Å². The highest BCUT2D eigenvalue weighted by molar-refractivity contribution is 7.17. The van der Waals surface area contributed by atoms with Crippen molar-refractivity contribution in [2.75, 3.05) is 6.61 Å². The lowest BCUT2D eigenvalue weighted by Crippen LogP contribution is -1.98. The summed E-state index contributed by atoms with van der Waals surface area (Å²) in [7, 11) is 0. The van der Waals surface area contributed by atoms with Gasteiger partial charge in [-0.25, -0.2) is 4.39 Å². The molecule has 0 aliphatic carbocycles. The van der Waals surface area contributed by atoms with Gasteiger partial charge in [-0.2, -0.15) is 0 Å². The molecule has 3 rings (SSSR count). The van der Waals surface area contributed by atoms with Crippen LogP contribution in [0.2, 0.25) is 0 Å². The molecular weight excluding hydrogens is 383 g/mol. The van der Waals surface area contributed by atoms with E-state index in [2.05, 4.69) is 48.3 Å². The Balaban J connectivity index is 1.65. The Morgan fingerprint density at radius 2 is 1.52 bits per heavy atom. The summed E-state index contributed by atoms with van der Waals surface area (Å²) in [6.45, 7) is 4.84. The standard InChI is InChI=1S/C24H29FN2OS/c1-3-5-7-8-9-18-10-12-19(13-11-18)23-26-27-24(29-23)20-14-15-22(21(25)17-20)28-16-6-4-2/h10-15,17H,3-9,16H2,1-2H3. The molecule has 0 aliphatic rings. The minimum Gasteiger partial charge on any atom is -0.491 e. The van der Waals surface area contributed by atoms with E-state index < -0.39 is 0 Å². The monoisotopic (exact) mass is 412 g/mol. The minimum absolute atomic E-state index is 0.293. The SMILES string of the molecule is CCCCCCc1ccc(-c2nnc(-c3ccc(OCCCC)c(F)c3)s2)cc1. The molecule has 0 fully saturated rings. The molecule has 0 bridgehead atoms. The molecule has 0 radical (unpaired) electrons. The first-order valence-corrected chi connectivity index (χ1v) is 11.4. The van der Waals surface area contributed by atoms with E-state index in [-0.39, 0.29) is 5.82 Å². The third-order valence-electron chi connectivity index (χ3n) is 4.88. The normalized spacial score (nSPS) is 11.0. The van der Waals surface area contributed by atoms with E-state index in [9.17, 15) is 4.39 Å². The molecule has 2 aromatic carbocycles. The predicted octanol–water partition coefficient (Wildman–Crippen LogP) is 7.31. The average Bonchev–Trinajstić information content (AvgIpc) is 3.23. The van der Waals surface area contributed by atoms with Crippen molar-refractivity contribution in [3.63, 3.8) is 0 Å². The summed E-state index contributed by atoms with van der Waals surface area (Å²) in [5.74, 6) is -0.0655. The largest absolute Gasteiger partial charge is 0.491 e. The van der Waals surface area contributed by atoms with Gasteiger partial charge in [-0.3, -0.25) is 0 Å². The van der Waals surface area contributed by atoms with E-state index in [1.165, 1.54) is 48.6 Å². The quantitative estimate of drug-likeness (QED) is 0.310. The molecule has 0 amide bonds. The molecule has 0 N–H and O–H groups in total. The average molecular weight is 413 g/mol. The molecule has 0 saturated carbocycles. The zero-order chi connectivity index (χ0) is 20.5. The number of hydrogen-bond donors (Lipinski definition) is 0. The van der Waals surface area contributed by atoms with Gasteiger partial charge in [-0.15, -0.1) is 10.2 Å². The Morgan fingerprint density at radius 1 is 0.828 bits per heavy atom. The Bertz CT molecular complexity index is 892. The lowest BCUT2D eigenvalue weighted by molar-refractivity contribution is 0.294. The number of unbranched alkanes of at least 4 members (excludes halogenated alkanes) is 4. The van der Waals surface area contributed by atoms with Crippen molar-refractivity contribution in [1.82, 2.24) is 10.2 Å². The summed E-state index contributed by atoms with van der Waals surface area (Å²) >= 11 is 1.48. The predicted molar refractivity (Wildman–Crippen MR) is 119 cm³/mol. The van der Waals surface area contributed by atoms with Crippen LogP contribution in [0.4, 0.5) is 4.39 Å². The van der Waals surface area contributed by atoms with Crippen molar-refractivity contribution in [3.8, 4) is 26.9 Å². The third-order valence-corrected chi connectivity index (χ3v) is 5.90. The van der Waals surface area contributed by atoms with Gasteiger partial charge in [0.25, 0.3) is 0 Å². The lowest BCUT2D eigenvalue weighted by Gasteiger charge is -2.07. The smallest absolute Gasteiger partial charge is 0.165 e. The molecule has 154 valence electrons. The Labute approximate surface area is 177 Å². The van der Waals surface area contributed by atoms with Crippen molar-refractivity contribution in [2.24, 2.45) is 0 Å². The van der Waals surface area contributed by atoms with Crippen LogP contribution in [0.3, 0.4) is 0 Å². The van der Waals surface area contributed by atoms with Crippen molar-refractivity contribution < 1.29 is 9.13 Å². The van der Waals surface area contributed by atoms with Gasteiger partial charge in [0.1, 0.15) is 10.0 Å². The second kappa shape index (κ2) is 11.1. The van der Waals surface area contributed by atoms with Crippen LogP contribution in [-0.4, -0.2) is 16.8 Å². The number of ether oxygens (including phenoxy) is 1. The van der Waals surface area contributed by atoms with Crippen LogP contribution in [0.25, 0.3) is 21.1 Å². The maximum Gasteiger partial charge on any atom is 0.165 e. The van der Waals surface area contributed by atoms with Crippen LogP contribution >= 0.6 is 11.3 Å². The van der Waals surface area contributed by atoms with Gasteiger partial charge >= 0.3 is 0 Å². The summed E-state index contributed by atoms with van der Waals surface area (Å²) in [5.41, 5.74) is 3.13. The van der Waals surface area contributed by atoms with Crippen LogP contribution in [0.5, 0.6) is 5.75 Å². The highest BCUT2D eigenvalue weighted by Gasteiger charge is 2.12. The van der Waals surface area contributed by atoms with Gasteiger partial charge in [0, 0.05) is 11.1 Å². The molecule has 1 heterocycles. The second-order valence-corrected chi connectivity index (χ2v) is 8.24. The maximum atomic E-state index is 14.3. The zero-order valence-corrected chi connectivity index (χ0v) is 18.1. The van der Waals surface area contributed by atoms with Crippen molar-refractivity contribution in [3.05, 3.63) is 53.8 Å². The fourth-order valence-corrected chi connectivity index (χ4v) is 3.95. The summed E-state index contributed by atoms with van der Waals surface area (Å²) in [5, 5.41) is 10.1. The zero-order valence-electron chi connectivity index (χ0n) is 17.3. The number of hydrogen-bond acceptors (Lipinski definition) is 4. The van der Waals surface area contributed by atoms with Gasteiger partial charge in [0.2, 0.25) is 0 Å². The third kappa shape index (κ3) is 6.10. The second-order valence-electron chi connectivity index (χ2n) is 7.27. The molecule has 0 aliphatic heterocycles. The highest BCUT2D eigenvalue weighted by atomic mass is 32.1. The van der Waals surface area contributed by atoms with E-state index in [4.69, 9.17) is 4.74 Å². The first-order chi connectivity index (χ1) is 14.2. The molecular formula is C24H29FN2OS. The summed E-state index contributed by atoms with van der Waals surface area (Å²) in [4.78, 5) is 0. The number of benzene rings is 2. The molecule has 29 heavy (non-hydrogen) atoms. The molecule has 3 aromatic rings. The van der Waals surface area contributed by atoms with Gasteiger partial charge in [-0.1, -0.05) is 75.1 Å². The summed E-state index contributed by atoms with van der Waals surface area (Å²) in [6, 6.07) is 13.5. The minimum atomic E-state index is -0.359. The molecule has 3 nitrogen and oxygen atoms in total. The fraction of sp³-hybridized carbons (Fsp3) is 0.417. The highest BCUT2D eigenvalue weighted by Crippen LogP contribution is 2.32. The molecule has 0 atom stereocenters. The van der Waals surface area contributed by atoms with Crippen LogP contribution in [-0.2, 0) is 6.42 Å². The van der Waals surface area contributed by atoms with Crippen molar-refractivity contribution in [2.45, 2.75) is 58.8 Å². The molecule has 5 heteroatoms. The van der Waals surface area contributed by atoms with Crippen LogP contribution in [0.1, 0.15) is 57.9 Å². The first kappa shape index (κ1) is 21.4. The Morgan fingerprint density at radius 3 is 2.21 bits per heavy atom. The lowest BCUT2D eigenvalue weighted by atomic mass is 10.0. The van der Waals surface area contributed by atoms with Crippen LogP contribution < -0.4 is 4.74 Å². The first-order valence-electron chi connectivity index (χ1n) is 10.6. The van der Waals surface area contributed by atoms with Gasteiger partial charge in [0.15, 0.2) is 11.6 Å². The Hall–Kier alpha value is -2.27. The van der Waals surface area contributed by atoms with Crippen molar-refractivity contribution in [1.29, 1.82) is 0 Å². The fourth-order valence-electron chi connectivity index (χ4n) is 3.10. The molecule has 0 spiro atoms. The molecule has 1 aromatic heterocycles. The molecule has 0 saturated heterocycles. The van der Waals surface area contributed by atoms with Gasteiger partial charge < -0.3 is 4.74 Å². The van der Waals surface area contributed by atoms with E-state index in [1.54, 1.807) is 6.07 Å². The number of rotatable bonds is 11. The van der Waals surface area contributed by atoms with E-state index in [0.29, 0.717) is 17.4 Å². The van der Waals surface area contributed by atoms with E-state index in [0.717, 1.165) is 35.4 Å². The maximum absolute atomic E-state index is 14.3. The van der Waals surface area contributed by atoms with Crippen molar-refractivity contribution >= 4 is 11.3 Å². The van der Waals surface area contributed by atoms with Gasteiger partial charge in [0.05, 0.1) is 6.61 Å². The summed E-state index contributed by atoms with van der Waals surface area (Å²) < 4.78 is 19.8. The number of aromatic nitrogens is 2. The van der Waals surface area contributed by atoms with Crippen LogP contribution in [0.15, 0.2) is 42.5 Å². The number of aryl methyl sites for hydroxylation is 1. The van der Waals surface area contributed by atoms with E-state index in [1.807, 2.05) is 6.07 Å². The molecule has 0 unspecified atom stereocenters. The van der Waals surface area contributed by atoms with Gasteiger partial charge in [-0.05, 0) is 43.0 Å². The topological polar surface area (TPSA) is 35.0 Å². The number of nitrogens with zero attached hydrogens (tertiary/aromatic N) is 2. The Kier molecular flexibility index (Phi) is 8.17. The summed E-state index contributed by atoms with van der Waals surface area (Å²) in [6.07, 6.45) is 8.14.